The third kappa shape index (κ3) is 1.98. The van der Waals surface area contributed by atoms with Gasteiger partial charge in [0.1, 0.15) is 0 Å². The van der Waals surface area contributed by atoms with E-state index in [2.05, 4.69) is 53.4 Å². The third-order valence-electron chi connectivity index (χ3n) is 3.77. The van der Waals surface area contributed by atoms with Crippen LogP contribution in [0.5, 0.6) is 0 Å². The molecule has 18 heavy (non-hydrogen) atoms. The van der Waals surface area contributed by atoms with Crippen LogP contribution < -0.4 is 0 Å². The van der Waals surface area contributed by atoms with Crippen LogP contribution in [-0.4, -0.2) is 17.5 Å². The molecule has 1 aliphatic heterocycles. The summed E-state index contributed by atoms with van der Waals surface area (Å²) in [4.78, 5) is 2.29. The van der Waals surface area contributed by atoms with Crippen LogP contribution in [0.3, 0.4) is 0 Å². The summed E-state index contributed by atoms with van der Waals surface area (Å²) < 4.78 is 0. The molecule has 0 bridgehead atoms. The van der Waals surface area contributed by atoms with Crippen molar-refractivity contribution >= 4 is 10.8 Å². The maximum atomic E-state index is 9.14. The van der Waals surface area contributed by atoms with Crippen molar-refractivity contribution in [2.75, 3.05) is 6.54 Å². The molecule has 2 aromatic rings. The van der Waals surface area contributed by atoms with Gasteiger partial charge in [-0.1, -0.05) is 42.5 Å². The first-order chi connectivity index (χ1) is 8.88. The normalized spacial score (nSPS) is 20.1. The van der Waals surface area contributed by atoms with Gasteiger partial charge in [-0.05, 0) is 35.7 Å². The highest BCUT2D eigenvalue weighted by Crippen LogP contribution is 2.24. The lowest BCUT2D eigenvalue weighted by atomic mass is 10.0. The molecule has 1 fully saturated rings. The molecule has 1 aliphatic rings. The minimum absolute atomic E-state index is 0.101. The summed E-state index contributed by atoms with van der Waals surface area (Å²) in [5.74, 6) is 0. The van der Waals surface area contributed by atoms with Gasteiger partial charge in [0.25, 0.3) is 0 Å². The van der Waals surface area contributed by atoms with E-state index in [9.17, 15) is 0 Å². The van der Waals surface area contributed by atoms with Crippen LogP contribution in [0.15, 0.2) is 42.5 Å². The van der Waals surface area contributed by atoms with Crippen molar-refractivity contribution in [3.05, 3.63) is 48.0 Å². The molecule has 0 N–H and O–H groups in total. The topological polar surface area (TPSA) is 27.0 Å². The average molecular weight is 236 g/mol. The van der Waals surface area contributed by atoms with Crippen molar-refractivity contribution in [1.29, 1.82) is 5.26 Å². The second-order valence-electron chi connectivity index (χ2n) is 4.90. The first-order valence-electron chi connectivity index (χ1n) is 6.49. The fourth-order valence-electron chi connectivity index (χ4n) is 2.81. The lowest BCUT2D eigenvalue weighted by Gasteiger charge is -2.20. The molecule has 1 saturated heterocycles. The van der Waals surface area contributed by atoms with Gasteiger partial charge >= 0.3 is 0 Å². The second-order valence-corrected chi connectivity index (χ2v) is 4.90. The van der Waals surface area contributed by atoms with Gasteiger partial charge in [-0.3, -0.25) is 4.90 Å². The van der Waals surface area contributed by atoms with E-state index >= 15 is 0 Å². The number of hydrogen-bond acceptors (Lipinski definition) is 2. The predicted octanol–water partition coefficient (Wildman–Crippen LogP) is 3.33. The zero-order chi connectivity index (χ0) is 12.4. The molecule has 2 nitrogen and oxygen atoms in total. The van der Waals surface area contributed by atoms with Crippen molar-refractivity contribution in [3.8, 4) is 6.07 Å². The van der Waals surface area contributed by atoms with E-state index in [-0.39, 0.29) is 6.04 Å². The molecule has 1 heterocycles. The first-order valence-corrected chi connectivity index (χ1v) is 6.49. The summed E-state index contributed by atoms with van der Waals surface area (Å²) in [5.41, 5.74) is 1.33. The Labute approximate surface area is 107 Å². The molecule has 0 aromatic heterocycles. The van der Waals surface area contributed by atoms with Crippen LogP contribution >= 0.6 is 0 Å². The van der Waals surface area contributed by atoms with E-state index < -0.39 is 0 Å². The minimum Gasteiger partial charge on any atom is -0.284 e. The lowest BCUT2D eigenvalue weighted by molar-refractivity contribution is 0.287. The van der Waals surface area contributed by atoms with Crippen molar-refractivity contribution < 1.29 is 0 Å². The van der Waals surface area contributed by atoms with Gasteiger partial charge < -0.3 is 0 Å². The van der Waals surface area contributed by atoms with Crippen LogP contribution in [0.1, 0.15) is 18.4 Å². The molecule has 0 spiro atoms. The van der Waals surface area contributed by atoms with Gasteiger partial charge in [-0.15, -0.1) is 0 Å². The highest BCUT2D eigenvalue weighted by Gasteiger charge is 2.24. The Bertz CT molecular complexity index is 592. The Balaban J connectivity index is 1.93. The van der Waals surface area contributed by atoms with Crippen LogP contribution in [0.2, 0.25) is 0 Å². The Hall–Kier alpha value is -1.85. The average Bonchev–Trinajstić information content (AvgIpc) is 2.86. The summed E-state index contributed by atoms with van der Waals surface area (Å²) in [6, 6.07) is 17.4. The zero-order valence-corrected chi connectivity index (χ0v) is 10.3. The second kappa shape index (κ2) is 4.80. The zero-order valence-electron chi connectivity index (χ0n) is 10.3. The Kier molecular flexibility index (Phi) is 3.00. The Morgan fingerprint density at radius 1 is 1.17 bits per heavy atom. The first kappa shape index (κ1) is 11.3. The maximum absolute atomic E-state index is 9.14. The van der Waals surface area contributed by atoms with E-state index in [1.807, 2.05) is 0 Å². The molecular weight excluding hydrogens is 220 g/mol. The largest absolute Gasteiger partial charge is 0.284 e. The fraction of sp³-hybridized carbons (Fsp3) is 0.312. The summed E-state index contributed by atoms with van der Waals surface area (Å²) in [6.45, 7) is 1.93. The standard InChI is InChI=1S/C16H16N2/c17-11-15-8-4-10-18(15)12-14-7-3-6-13-5-1-2-9-16(13)14/h1-3,5-7,9,15H,4,8,10,12H2. The number of hydrogen-bond donors (Lipinski definition) is 0. The van der Waals surface area contributed by atoms with E-state index in [1.165, 1.54) is 16.3 Å². The number of nitriles is 1. The molecular formula is C16H16N2. The van der Waals surface area contributed by atoms with Gasteiger partial charge in [-0.2, -0.15) is 5.26 Å². The highest BCUT2D eigenvalue weighted by molar-refractivity contribution is 5.85. The van der Waals surface area contributed by atoms with Crippen molar-refractivity contribution in [2.45, 2.75) is 25.4 Å². The molecule has 0 radical (unpaired) electrons. The van der Waals surface area contributed by atoms with Crippen molar-refractivity contribution in [1.82, 2.24) is 4.90 Å². The number of rotatable bonds is 2. The van der Waals surface area contributed by atoms with Crippen LogP contribution in [-0.2, 0) is 6.54 Å². The van der Waals surface area contributed by atoms with Crippen LogP contribution in [0.4, 0.5) is 0 Å². The van der Waals surface area contributed by atoms with Crippen LogP contribution in [0, 0.1) is 11.3 Å². The molecule has 2 aromatic carbocycles. The van der Waals surface area contributed by atoms with Gasteiger partial charge in [0.15, 0.2) is 0 Å². The quantitative estimate of drug-likeness (QED) is 0.799. The van der Waals surface area contributed by atoms with E-state index in [1.54, 1.807) is 0 Å². The molecule has 2 heteroatoms. The molecule has 0 aliphatic carbocycles. The fourth-order valence-corrected chi connectivity index (χ4v) is 2.81. The Morgan fingerprint density at radius 2 is 2.00 bits per heavy atom. The van der Waals surface area contributed by atoms with E-state index in [4.69, 9.17) is 5.26 Å². The third-order valence-corrected chi connectivity index (χ3v) is 3.77. The molecule has 0 amide bonds. The van der Waals surface area contributed by atoms with Crippen molar-refractivity contribution in [3.63, 3.8) is 0 Å². The van der Waals surface area contributed by atoms with Gasteiger partial charge in [0, 0.05) is 6.54 Å². The minimum atomic E-state index is 0.101. The Morgan fingerprint density at radius 3 is 2.89 bits per heavy atom. The summed E-state index contributed by atoms with van der Waals surface area (Å²) in [7, 11) is 0. The highest BCUT2D eigenvalue weighted by atomic mass is 15.2. The molecule has 1 unspecified atom stereocenters. The number of fused-ring (bicyclic) bond motifs is 1. The van der Waals surface area contributed by atoms with Gasteiger partial charge in [0.2, 0.25) is 0 Å². The van der Waals surface area contributed by atoms with E-state index in [0.717, 1.165) is 25.9 Å². The number of benzene rings is 2. The summed E-state index contributed by atoms with van der Waals surface area (Å²) >= 11 is 0. The van der Waals surface area contributed by atoms with Gasteiger partial charge in [0.05, 0.1) is 12.1 Å². The molecule has 1 atom stereocenters. The van der Waals surface area contributed by atoms with Crippen molar-refractivity contribution in [2.24, 2.45) is 0 Å². The lowest BCUT2D eigenvalue weighted by Crippen LogP contribution is -2.27. The molecule has 3 rings (SSSR count). The van der Waals surface area contributed by atoms with Gasteiger partial charge in [-0.25, -0.2) is 0 Å². The SMILES string of the molecule is N#CC1CCCN1Cc1cccc2ccccc12. The number of nitrogens with zero attached hydrogens (tertiary/aromatic N) is 2. The smallest absolute Gasteiger partial charge is 0.0981 e. The molecule has 0 saturated carbocycles. The van der Waals surface area contributed by atoms with Crippen LogP contribution in [0.25, 0.3) is 10.8 Å². The monoisotopic (exact) mass is 236 g/mol. The summed E-state index contributed by atoms with van der Waals surface area (Å²) in [5, 5.41) is 11.7. The predicted molar refractivity (Wildman–Crippen MR) is 73.0 cm³/mol. The summed E-state index contributed by atoms with van der Waals surface area (Å²) in [6.07, 6.45) is 2.16. The number of likely N-dealkylation sites (tertiary alicyclic amines) is 1. The molecule has 90 valence electrons. The van der Waals surface area contributed by atoms with E-state index in [0.29, 0.717) is 0 Å². The maximum Gasteiger partial charge on any atom is 0.0981 e.